The molecule has 0 fully saturated rings. The van der Waals surface area contributed by atoms with Gasteiger partial charge in [0.2, 0.25) is 0 Å². The molecule has 0 atom stereocenters. The minimum absolute atomic E-state index is 0.412. The molecule has 0 aromatic heterocycles. The lowest BCUT2D eigenvalue weighted by Gasteiger charge is -2.10. The topological polar surface area (TPSA) is 0 Å². The van der Waals surface area contributed by atoms with Crippen molar-refractivity contribution in [3.05, 3.63) is 84.2 Å². The first-order valence-corrected chi connectivity index (χ1v) is 6.98. The number of rotatable bonds is 2. The van der Waals surface area contributed by atoms with Gasteiger partial charge in [0.15, 0.2) is 0 Å². The average Bonchev–Trinajstić information content (AvgIpc) is 2.54. The number of hydrogen-bond acceptors (Lipinski definition) is 0. The van der Waals surface area contributed by atoms with Gasteiger partial charge in [-0.3, -0.25) is 0 Å². The summed E-state index contributed by atoms with van der Waals surface area (Å²) in [6.07, 6.45) is -4.68. The summed E-state index contributed by atoms with van der Waals surface area (Å²) >= 11 is 0. The number of hydrogen-bond donors (Lipinski definition) is 0. The van der Waals surface area contributed by atoms with E-state index in [0.29, 0.717) is 11.1 Å². The molecule has 0 aliphatic rings. The molecular formula is C19H12F4. The summed E-state index contributed by atoms with van der Waals surface area (Å²) in [5, 5.41) is 0. The Kier molecular flexibility index (Phi) is 3.90. The zero-order valence-corrected chi connectivity index (χ0v) is 11.9. The van der Waals surface area contributed by atoms with Gasteiger partial charge in [-0.1, -0.05) is 60.7 Å². The third kappa shape index (κ3) is 3.26. The summed E-state index contributed by atoms with van der Waals surface area (Å²) in [4.78, 5) is 0. The molecule has 0 radical (unpaired) electrons. The molecule has 0 spiro atoms. The van der Waals surface area contributed by atoms with E-state index in [-0.39, 0.29) is 0 Å². The van der Waals surface area contributed by atoms with Gasteiger partial charge in [-0.15, -0.1) is 0 Å². The van der Waals surface area contributed by atoms with Crippen molar-refractivity contribution in [3.8, 4) is 22.3 Å². The van der Waals surface area contributed by atoms with E-state index < -0.39 is 17.6 Å². The van der Waals surface area contributed by atoms with Crippen LogP contribution in [0.5, 0.6) is 0 Å². The number of alkyl halides is 3. The molecule has 0 aliphatic carbocycles. The molecule has 3 rings (SSSR count). The summed E-state index contributed by atoms with van der Waals surface area (Å²) < 4.78 is 51.4. The second-order valence-electron chi connectivity index (χ2n) is 5.14. The summed E-state index contributed by atoms with van der Waals surface area (Å²) in [5.41, 5.74) is 1.86. The SMILES string of the molecule is Fc1cc(-c2ccc(-c3ccccc3)cc2)ccc1C(F)(F)F. The van der Waals surface area contributed by atoms with Crippen molar-refractivity contribution < 1.29 is 17.6 Å². The molecule has 3 aromatic rings. The van der Waals surface area contributed by atoms with E-state index in [2.05, 4.69) is 0 Å². The molecule has 0 bridgehead atoms. The Balaban J connectivity index is 1.93. The van der Waals surface area contributed by atoms with Gasteiger partial charge >= 0.3 is 6.18 Å². The first-order valence-electron chi connectivity index (χ1n) is 6.98. The van der Waals surface area contributed by atoms with E-state index in [4.69, 9.17) is 0 Å². The maximum absolute atomic E-state index is 13.7. The van der Waals surface area contributed by atoms with E-state index >= 15 is 0 Å². The molecule has 23 heavy (non-hydrogen) atoms. The highest BCUT2D eigenvalue weighted by Gasteiger charge is 2.33. The van der Waals surface area contributed by atoms with Crippen molar-refractivity contribution in [3.63, 3.8) is 0 Å². The molecule has 0 saturated heterocycles. The Morgan fingerprint density at radius 3 is 1.57 bits per heavy atom. The quantitative estimate of drug-likeness (QED) is 0.495. The van der Waals surface area contributed by atoms with Gasteiger partial charge in [-0.05, 0) is 34.4 Å². The second kappa shape index (κ2) is 5.88. The van der Waals surface area contributed by atoms with Crippen LogP contribution in [0.25, 0.3) is 22.3 Å². The average molecular weight is 316 g/mol. The molecule has 0 nitrogen and oxygen atoms in total. The van der Waals surface area contributed by atoms with Crippen LogP contribution in [0.2, 0.25) is 0 Å². The van der Waals surface area contributed by atoms with Crippen LogP contribution in [0.15, 0.2) is 72.8 Å². The lowest BCUT2D eigenvalue weighted by atomic mass is 9.99. The number of halogens is 4. The van der Waals surface area contributed by atoms with Crippen molar-refractivity contribution in [1.82, 2.24) is 0 Å². The van der Waals surface area contributed by atoms with Gasteiger partial charge in [0, 0.05) is 0 Å². The largest absolute Gasteiger partial charge is 0.419 e. The Labute approximate surface area is 131 Å². The van der Waals surface area contributed by atoms with Crippen LogP contribution in [0.1, 0.15) is 5.56 Å². The minimum Gasteiger partial charge on any atom is -0.206 e. The normalized spacial score (nSPS) is 11.5. The Bertz CT molecular complexity index is 803. The summed E-state index contributed by atoms with van der Waals surface area (Å²) in [7, 11) is 0. The van der Waals surface area contributed by atoms with Crippen molar-refractivity contribution in [2.24, 2.45) is 0 Å². The van der Waals surface area contributed by atoms with Gasteiger partial charge in [0.25, 0.3) is 0 Å². The number of benzene rings is 3. The smallest absolute Gasteiger partial charge is 0.206 e. The van der Waals surface area contributed by atoms with Gasteiger partial charge < -0.3 is 0 Å². The molecular weight excluding hydrogens is 304 g/mol. The van der Waals surface area contributed by atoms with Crippen LogP contribution >= 0.6 is 0 Å². The molecule has 0 unspecified atom stereocenters. The Morgan fingerprint density at radius 1 is 0.565 bits per heavy atom. The maximum atomic E-state index is 13.7. The molecule has 4 heteroatoms. The van der Waals surface area contributed by atoms with E-state index in [1.54, 1.807) is 12.1 Å². The van der Waals surface area contributed by atoms with Crippen LogP contribution in [0.4, 0.5) is 17.6 Å². The first-order chi connectivity index (χ1) is 10.9. The highest BCUT2D eigenvalue weighted by atomic mass is 19.4. The van der Waals surface area contributed by atoms with Crippen LogP contribution in [0, 0.1) is 5.82 Å². The first kappa shape index (κ1) is 15.3. The Hall–Kier alpha value is -2.62. The highest BCUT2D eigenvalue weighted by Crippen LogP contribution is 2.33. The lowest BCUT2D eigenvalue weighted by molar-refractivity contribution is -0.139. The molecule has 0 amide bonds. The van der Waals surface area contributed by atoms with E-state index in [1.807, 2.05) is 42.5 Å². The van der Waals surface area contributed by atoms with Crippen molar-refractivity contribution in [2.45, 2.75) is 6.18 Å². The monoisotopic (exact) mass is 316 g/mol. The minimum atomic E-state index is -4.68. The van der Waals surface area contributed by atoms with Crippen LogP contribution in [-0.2, 0) is 6.18 Å². The second-order valence-corrected chi connectivity index (χ2v) is 5.14. The molecule has 3 aromatic carbocycles. The fraction of sp³-hybridized carbons (Fsp3) is 0.0526. The van der Waals surface area contributed by atoms with Gasteiger partial charge in [-0.2, -0.15) is 13.2 Å². The van der Waals surface area contributed by atoms with Crippen molar-refractivity contribution in [2.75, 3.05) is 0 Å². The van der Waals surface area contributed by atoms with Crippen LogP contribution in [0.3, 0.4) is 0 Å². The van der Waals surface area contributed by atoms with E-state index in [0.717, 1.165) is 23.3 Å². The van der Waals surface area contributed by atoms with E-state index in [9.17, 15) is 17.6 Å². The van der Waals surface area contributed by atoms with Crippen LogP contribution < -0.4 is 0 Å². The summed E-state index contributed by atoms with van der Waals surface area (Å²) in [6.45, 7) is 0. The fourth-order valence-electron chi connectivity index (χ4n) is 2.41. The summed E-state index contributed by atoms with van der Waals surface area (Å²) in [6, 6.07) is 19.9. The maximum Gasteiger partial charge on any atom is 0.419 e. The predicted molar refractivity (Wildman–Crippen MR) is 82.3 cm³/mol. The predicted octanol–water partition coefficient (Wildman–Crippen LogP) is 6.18. The third-order valence-corrected chi connectivity index (χ3v) is 3.60. The van der Waals surface area contributed by atoms with E-state index in [1.165, 1.54) is 6.07 Å². The molecule has 0 aliphatic heterocycles. The molecule has 0 saturated carbocycles. The zero-order chi connectivity index (χ0) is 16.4. The molecule has 0 N–H and O–H groups in total. The zero-order valence-electron chi connectivity index (χ0n) is 11.9. The fourth-order valence-corrected chi connectivity index (χ4v) is 2.41. The van der Waals surface area contributed by atoms with Gasteiger partial charge in [0.1, 0.15) is 5.82 Å². The third-order valence-electron chi connectivity index (χ3n) is 3.60. The van der Waals surface area contributed by atoms with Gasteiger partial charge in [0.05, 0.1) is 5.56 Å². The lowest BCUT2D eigenvalue weighted by Crippen LogP contribution is -2.07. The van der Waals surface area contributed by atoms with Crippen molar-refractivity contribution >= 4 is 0 Å². The summed E-state index contributed by atoms with van der Waals surface area (Å²) in [5.74, 6) is -1.26. The van der Waals surface area contributed by atoms with Crippen molar-refractivity contribution in [1.29, 1.82) is 0 Å². The molecule has 116 valence electrons. The standard InChI is InChI=1S/C19H12F4/c20-18-12-16(10-11-17(18)19(21,22)23)15-8-6-14(7-9-15)13-4-2-1-3-5-13/h1-12H. The van der Waals surface area contributed by atoms with Gasteiger partial charge in [-0.25, -0.2) is 4.39 Å². The Morgan fingerprint density at radius 2 is 1.04 bits per heavy atom. The molecule has 0 heterocycles. The highest BCUT2D eigenvalue weighted by molar-refractivity contribution is 5.70. The van der Waals surface area contributed by atoms with Crippen LogP contribution in [-0.4, -0.2) is 0 Å².